The van der Waals surface area contributed by atoms with Crippen LogP contribution in [0.3, 0.4) is 0 Å². The number of amides is 1. The number of esters is 1. The number of halogens is 1. The van der Waals surface area contributed by atoms with Gasteiger partial charge in [0.25, 0.3) is 0 Å². The van der Waals surface area contributed by atoms with Crippen LogP contribution in [0.4, 0.5) is 4.79 Å². The SMILES string of the molecule is CCC(CNC(=O)OC(C)(C)C)C(=O)OCCl. The molecule has 1 unspecified atom stereocenters. The predicted octanol–water partition coefficient (Wildman–Crippen LogP) is 2.28. The first kappa shape index (κ1) is 16.0. The Morgan fingerprint density at radius 3 is 2.35 bits per heavy atom. The molecule has 0 aromatic carbocycles. The van der Waals surface area contributed by atoms with Gasteiger partial charge in [-0.15, -0.1) is 0 Å². The molecular formula is C11H20ClNO4. The predicted molar refractivity (Wildman–Crippen MR) is 64.8 cm³/mol. The van der Waals surface area contributed by atoms with E-state index in [0.29, 0.717) is 6.42 Å². The molecule has 0 aromatic rings. The highest BCUT2D eigenvalue weighted by molar-refractivity contribution is 6.17. The van der Waals surface area contributed by atoms with Crippen molar-refractivity contribution < 1.29 is 19.1 Å². The third-order valence-electron chi connectivity index (χ3n) is 1.91. The van der Waals surface area contributed by atoms with E-state index in [0.717, 1.165) is 0 Å². The number of rotatable bonds is 5. The number of alkyl carbamates (subject to hydrolysis) is 1. The highest BCUT2D eigenvalue weighted by atomic mass is 35.5. The maximum atomic E-state index is 11.4. The quantitative estimate of drug-likeness (QED) is 0.612. The molecule has 5 nitrogen and oxygen atoms in total. The van der Waals surface area contributed by atoms with Crippen LogP contribution in [-0.4, -0.2) is 30.3 Å². The van der Waals surface area contributed by atoms with Crippen LogP contribution in [0.2, 0.25) is 0 Å². The molecule has 0 aromatic heterocycles. The van der Waals surface area contributed by atoms with Gasteiger partial charge < -0.3 is 14.8 Å². The van der Waals surface area contributed by atoms with Gasteiger partial charge in [-0.1, -0.05) is 18.5 Å². The molecule has 17 heavy (non-hydrogen) atoms. The van der Waals surface area contributed by atoms with E-state index >= 15 is 0 Å². The zero-order valence-electron chi connectivity index (χ0n) is 10.7. The Kier molecular flexibility index (Phi) is 6.95. The molecule has 6 heteroatoms. The highest BCUT2D eigenvalue weighted by Crippen LogP contribution is 2.08. The van der Waals surface area contributed by atoms with Crippen LogP contribution in [0.25, 0.3) is 0 Å². The van der Waals surface area contributed by atoms with Crippen molar-refractivity contribution in [2.24, 2.45) is 5.92 Å². The van der Waals surface area contributed by atoms with Crippen LogP contribution in [0.15, 0.2) is 0 Å². The highest BCUT2D eigenvalue weighted by Gasteiger charge is 2.21. The van der Waals surface area contributed by atoms with Gasteiger partial charge in [0.05, 0.1) is 5.92 Å². The minimum atomic E-state index is -0.553. The van der Waals surface area contributed by atoms with Crippen molar-refractivity contribution in [3.8, 4) is 0 Å². The Hall–Kier alpha value is -0.970. The van der Waals surface area contributed by atoms with E-state index in [1.54, 1.807) is 20.8 Å². The standard InChI is InChI=1S/C11H20ClNO4/c1-5-8(9(14)16-7-12)6-13-10(15)17-11(2,3)4/h8H,5-7H2,1-4H3,(H,13,15). The lowest BCUT2D eigenvalue weighted by Crippen LogP contribution is -2.37. The largest absolute Gasteiger partial charge is 0.449 e. The summed E-state index contributed by atoms with van der Waals surface area (Å²) in [6.45, 7) is 7.32. The molecule has 0 heterocycles. The van der Waals surface area contributed by atoms with E-state index in [9.17, 15) is 9.59 Å². The topological polar surface area (TPSA) is 64.6 Å². The van der Waals surface area contributed by atoms with Crippen molar-refractivity contribution in [2.45, 2.75) is 39.7 Å². The zero-order valence-corrected chi connectivity index (χ0v) is 11.5. The van der Waals surface area contributed by atoms with Crippen LogP contribution >= 0.6 is 11.6 Å². The third-order valence-corrected chi connectivity index (χ3v) is 2.02. The molecule has 0 fully saturated rings. The van der Waals surface area contributed by atoms with Crippen molar-refractivity contribution in [2.75, 3.05) is 12.6 Å². The van der Waals surface area contributed by atoms with E-state index in [2.05, 4.69) is 10.1 Å². The fraction of sp³-hybridized carbons (Fsp3) is 0.818. The van der Waals surface area contributed by atoms with Gasteiger partial charge in [-0.3, -0.25) is 4.79 Å². The number of nitrogens with one attached hydrogen (secondary N) is 1. The maximum Gasteiger partial charge on any atom is 0.407 e. The zero-order chi connectivity index (χ0) is 13.5. The van der Waals surface area contributed by atoms with Crippen LogP contribution in [0.1, 0.15) is 34.1 Å². The Labute approximate surface area is 107 Å². The lowest BCUT2D eigenvalue weighted by Gasteiger charge is -2.21. The fourth-order valence-electron chi connectivity index (χ4n) is 1.09. The summed E-state index contributed by atoms with van der Waals surface area (Å²) in [6, 6.07) is -0.179. The Balaban J connectivity index is 4.07. The van der Waals surface area contributed by atoms with Crippen molar-refractivity contribution in [1.29, 1.82) is 0 Å². The fourth-order valence-corrected chi connectivity index (χ4v) is 1.19. The first-order valence-electron chi connectivity index (χ1n) is 5.49. The summed E-state index contributed by atoms with van der Waals surface area (Å²) in [5, 5.41) is 2.52. The molecule has 0 aliphatic carbocycles. The van der Waals surface area contributed by atoms with Crippen molar-refractivity contribution in [1.82, 2.24) is 5.32 Å². The van der Waals surface area contributed by atoms with E-state index in [-0.39, 0.29) is 12.6 Å². The molecule has 100 valence electrons. The molecule has 0 aliphatic rings. The first-order chi connectivity index (χ1) is 7.80. The number of carbonyl (C=O) groups excluding carboxylic acids is 2. The molecule has 1 N–H and O–H groups in total. The molecule has 0 rings (SSSR count). The van der Waals surface area contributed by atoms with Gasteiger partial charge in [-0.2, -0.15) is 0 Å². The summed E-state index contributed by atoms with van der Waals surface area (Å²) in [5.41, 5.74) is -0.553. The number of ether oxygens (including phenoxy) is 2. The molecule has 0 saturated carbocycles. The van der Waals surface area contributed by atoms with Crippen molar-refractivity contribution in [3.05, 3.63) is 0 Å². The lowest BCUT2D eigenvalue weighted by molar-refractivity contribution is -0.146. The van der Waals surface area contributed by atoms with Crippen LogP contribution in [0, 0.1) is 5.92 Å². The van der Waals surface area contributed by atoms with Gasteiger partial charge in [-0.25, -0.2) is 4.79 Å². The summed E-state index contributed by atoms with van der Waals surface area (Å²) in [4.78, 5) is 22.7. The van der Waals surface area contributed by atoms with Gasteiger partial charge >= 0.3 is 12.1 Å². The Morgan fingerprint density at radius 1 is 1.35 bits per heavy atom. The second kappa shape index (κ2) is 7.37. The van der Waals surface area contributed by atoms with E-state index in [1.807, 2.05) is 6.92 Å². The molecule has 0 bridgehead atoms. The van der Waals surface area contributed by atoms with Crippen LogP contribution in [0.5, 0.6) is 0 Å². The van der Waals surface area contributed by atoms with Gasteiger partial charge in [0.15, 0.2) is 6.07 Å². The molecule has 0 aliphatic heterocycles. The molecule has 0 spiro atoms. The van der Waals surface area contributed by atoms with Crippen LogP contribution in [-0.2, 0) is 14.3 Å². The van der Waals surface area contributed by atoms with Gasteiger partial charge in [0.2, 0.25) is 0 Å². The summed E-state index contributed by atoms with van der Waals surface area (Å²) in [7, 11) is 0. The second-order valence-corrected chi connectivity index (χ2v) is 4.78. The van der Waals surface area contributed by atoms with Gasteiger partial charge in [-0.05, 0) is 27.2 Å². The number of hydrogen-bond acceptors (Lipinski definition) is 4. The number of alkyl halides is 1. The smallest absolute Gasteiger partial charge is 0.407 e. The van der Waals surface area contributed by atoms with Gasteiger partial charge in [0.1, 0.15) is 5.60 Å². The first-order valence-corrected chi connectivity index (χ1v) is 6.03. The summed E-state index contributed by atoms with van der Waals surface area (Å²) in [6.07, 6.45) is 0.0144. The van der Waals surface area contributed by atoms with E-state index in [4.69, 9.17) is 16.3 Å². The molecule has 1 atom stereocenters. The maximum absolute atomic E-state index is 11.4. The minimum absolute atomic E-state index is 0.179. The summed E-state index contributed by atoms with van der Waals surface area (Å²) >= 11 is 5.29. The summed E-state index contributed by atoms with van der Waals surface area (Å²) < 4.78 is 9.71. The molecule has 1 amide bonds. The molecule has 0 saturated heterocycles. The number of carbonyl (C=O) groups is 2. The normalized spacial score (nSPS) is 12.8. The second-order valence-electron chi connectivity index (χ2n) is 4.56. The lowest BCUT2D eigenvalue weighted by atomic mass is 10.1. The van der Waals surface area contributed by atoms with E-state index < -0.39 is 23.6 Å². The average Bonchev–Trinajstić information content (AvgIpc) is 2.16. The molecular weight excluding hydrogens is 246 g/mol. The van der Waals surface area contributed by atoms with E-state index in [1.165, 1.54) is 0 Å². The van der Waals surface area contributed by atoms with Gasteiger partial charge in [0, 0.05) is 6.54 Å². The van der Waals surface area contributed by atoms with Crippen molar-refractivity contribution in [3.63, 3.8) is 0 Å². The van der Waals surface area contributed by atoms with Crippen LogP contribution < -0.4 is 5.32 Å². The average molecular weight is 266 g/mol. The minimum Gasteiger partial charge on any atom is -0.449 e. The Bertz CT molecular complexity index is 263. The number of hydrogen-bond donors (Lipinski definition) is 1. The molecule has 0 radical (unpaired) electrons. The van der Waals surface area contributed by atoms with Crippen molar-refractivity contribution >= 4 is 23.7 Å². The third kappa shape index (κ3) is 7.85. The monoisotopic (exact) mass is 265 g/mol. The Morgan fingerprint density at radius 2 is 1.94 bits per heavy atom. The summed E-state index contributed by atoms with van der Waals surface area (Å²) in [5.74, 6) is -0.820.